The minimum absolute atomic E-state index is 0.0228. The van der Waals surface area contributed by atoms with Crippen LogP contribution >= 0.6 is 0 Å². The average molecular weight is 373 g/mol. The van der Waals surface area contributed by atoms with Crippen molar-refractivity contribution in [3.63, 3.8) is 0 Å². The summed E-state index contributed by atoms with van der Waals surface area (Å²) in [7, 11) is 1.76. The molecule has 1 aliphatic rings. The van der Waals surface area contributed by atoms with Gasteiger partial charge in [0.2, 0.25) is 17.7 Å². The van der Waals surface area contributed by atoms with Gasteiger partial charge in [-0.1, -0.05) is 51.1 Å². The molecule has 6 nitrogen and oxygen atoms in total. The van der Waals surface area contributed by atoms with E-state index in [0.717, 1.165) is 5.56 Å². The number of nitrogens with zero attached hydrogens (tertiary/aromatic N) is 3. The molecule has 3 amide bonds. The van der Waals surface area contributed by atoms with Crippen molar-refractivity contribution >= 4 is 17.7 Å². The van der Waals surface area contributed by atoms with Crippen molar-refractivity contribution in [2.24, 2.45) is 5.92 Å². The second-order valence-corrected chi connectivity index (χ2v) is 7.47. The van der Waals surface area contributed by atoms with Crippen LogP contribution in [0.15, 0.2) is 30.3 Å². The summed E-state index contributed by atoms with van der Waals surface area (Å²) in [5, 5.41) is 0. The Bertz CT molecular complexity index is 660. The molecule has 0 radical (unpaired) electrons. The fourth-order valence-corrected chi connectivity index (χ4v) is 3.43. The molecule has 0 aliphatic carbocycles. The second-order valence-electron chi connectivity index (χ2n) is 7.47. The van der Waals surface area contributed by atoms with Crippen LogP contribution in [0.25, 0.3) is 0 Å². The first-order valence-electron chi connectivity index (χ1n) is 9.72. The van der Waals surface area contributed by atoms with Gasteiger partial charge in [0, 0.05) is 32.5 Å². The molecule has 27 heavy (non-hydrogen) atoms. The second kappa shape index (κ2) is 9.53. The van der Waals surface area contributed by atoms with Crippen molar-refractivity contribution in [2.75, 3.05) is 20.3 Å². The van der Waals surface area contributed by atoms with E-state index >= 15 is 0 Å². The Morgan fingerprint density at radius 3 is 2.44 bits per heavy atom. The van der Waals surface area contributed by atoms with E-state index in [2.05, 4.69) is 0 Å². The Morgan fingerprint density at radius 2 is 1.85 bits per heavy atom. The topological polar surface area (TPSA) is 60.9 Å². The Hall–Kier alpha value is -2.37. The van der Waals surface area contributed by atoms with Crippen molar-refractivity contribution in [3.05, 3.63) is 35.9 Å². The molecule has 1 fully saturated rings. The summed E-state index contributed by atoms with van der Waals surface area (Å²) in [5.74, 6) is -0.248. The van der Waals surface area contributed by atoms with Gasteiger partial charge in [-0.3, -0.25) is 14.4 Å². The molecule has 0 N–H and O–H groups in total. The monoisotopic (exact) mass is 373 g/mol. The van der Waals surface area contributed by atoms with Gasteiger partial charge in [-0.2, -0.15) is 0 Å². The lowest BCUT2D eigenvalue weighted by Gasteiger charge is -2.35. The van der Waals surface area contributed by atoms with Crippen molar-refractivity contribution in [1.82, 2.24) is 14.7 Å². The lowest BCUT2D eigenvalue weighted by Crippen LogP contribution is -2.53. The van der Waals surface area contributed by atoms with Crippen molar-refractivity contribution < 1.29 is 14.4 Å². The van der Waals surface area contributed by atoms with Gasteiger partial charge < -0.3 is 14.7 Å². The van der Waals surface area contributed by atoms with E-state index in [9.17, 15) is 14.4 Å². The van der Waals surface area contributed by atoms with Crippen LogP contribution in [0.3, 0.4) is 0 Å². The van der Waals surface area contributed by atoms with Gasteiger partial charge in [0.1, 0.15) is 6.04 Å². The fraction of sp³-hybridized carbons (Fsp3) is 0.571. The number of amides is 3. The SMILES string of the molecule is CCC(C(=O)N(C)Cc1ccccc1)N1CN(C(=O)C(C)C)CCCC1=O. The fourth-order valence-electron chi connectivity index (χ4n) is 3.43. The highest BCUT2D eigenvalue weighted by molar-refractivity contribution is 5.88. The van der Waals surface area contributed by atoms with Gasteiger partial charge in [-0.25, -0.2) is 0 Å². The van der Waals surface area contributed by atoms with E-state index in [1.54, 1.807) is 21.7 Å². The van der Waals surface area contributed by atoms with Crippen molar-refractivity contribution in [3.8, 4) is 0 Å². The Labute approximate surface area is 162 Å². The molecule has 1 saturated heterocycles. The van der Waals surface area contributed by atoms with E-state index in [0.29, 0.717) is 32.4 Å². The van der Waals surface area contributed by atoms with Gasteiger partial charge in [-0.15, -0.1) is 0 Å². The number of likely N-dealkylation sites (N-methyl/N-ethyl adjacent to an activating group) is 1. The van der Waals surface area contributed by atoms with Crippen LogP contribution in [0.1, 0.15) is 45.6 Å². The number of carbonyl (C=O) groups excluding carboxylic acids is 3. The summed E-state index contributed by atoms with van der Waals surface area (Å²) in [6.45, 7) is 6.87. The van der Waals surface area contributed by atoms with E-state index in [-0.39, 0.29) is 30.3 Å². The predicted octanol–water partition coefficient (Wildman–Crippen LogP) is 2.49. The third kappa shape index (κ3) is 5.31. The molecule has 148 valence electrons. The quantitative estimate of drug-likeness (QED) is 0.770. The van der Waals surface area contributed by atoms with Crippen LogP contribution in [-0.4, -0.2) is 58.7 Å². The van der Waals surface area contributed by atoms with Crippen molar-refractivity contribution in [2.45, 2.75) is 52.6 Å². The Balaban J connectivity index is 2.15. The summed E-state index contributed by atoms with van der Waals surface area (Å²) in [6.07, 6.45) is 1.53. The van der Waals surface area contributed by atoms with Crippen LogP contribution in [0.2, 0.25) is 0 Å². The van der Waals surface area contributed by atoms with Crippen LogP contribution < -0.4 is 0 Å². The molecule has 6 heteroatoms. The van der Waals surface area contributed by atoms with Gasteiger partial charge in [-0.05, 0) is 18.4 Å². The summed E-state index contributed by atoms with van der Waals surface area (Å²) in [4.78, 5) is 43.1. The highest BCUT2D eigenvalue weighted by atomic mass is 16.2. The number of hydrogen-bond acceptors (Lipinski definition) is 3. The summed E-state index contributed by atoms with van der Waals surface area (Å²) < 4.78 is 0. The number of hydrogen-bond donors (Lipinski definition) is 0. The first kappa shape index (κ1) is 20.9. The molecule has 1 heterocycles. The summed E-state index contributed by atoms with van der Waals surface area (Å²) >= 11 is 0. The zero-order chi connectivity index (χ0) is 20.0. The predicted molar refractivity (Wildman–Crippen MR) is 104 cm³/mol. The lowest BCUT2D eigenvalue weighted by molar-refractivity contribution is -0.149. The maximum absolute atomic E-state index is 13.1. The smallest absolute Gasteiger partial charge is 0.245 e. The molecule has 0 bridgehead atoms. The minimum atomic E-state index is -0.549. The number of benzene rings is 1. The third-order valence-corrected chi connectivity index (χ3v) is 4.95. The average Bonchev–Trinajstić information content (AvgIpc) is 2.84. The zero-order valence-electron chi connectivity index (χ0n) is 16.9. The van der Waals surface area contributed by atoms with Gasteiger partial charge in [0.15, 0.2) is 0 Å². The molecule has 1 aromatic carbocycles. The van der Waals surface area contributed by atoms with Gasteiger partial charge in [0.25, 0.3) is 0 Å². The molecule has 1 aromatic rings. The van der Waals surface area contributed by atoms with Crippen LogP contribution in [0.4, 0.5) is 0 Å². The van der Waals surface area contributed by atoms with Crippen molar-refractivity contribution in [1.29, 1.82) is 0 Å². The van der Waals surface area contributed by atoms with Crippen LogP contribution in [0, 0.1) is 5.92 Å². The molecule has 0 saturated carbocycles. The molecule has 1 unspecified atom stereocenters. The van der Waals surface area contributed by atoms with E-state index in [1.165, 1.54) is 0 Å². The summed E-state index contributed by atoms with van der Waals surface area (Å²) in [6, 6.07) is 9.23. The van der Waals surface area contributed by atoms with Crippen LogP contribution in [0.5, 0.6) is 0 Å². The number of carbonyl (C=O) groups is 3. The van der Waals surface area contributed by atoms with Gasteiger partial charge in [0.05, 0.1) is 6.67 Å². The molecular weight excluding hydrogens is 342 g/mol. The maximum atomic E-state index is 13.1. The first-order valence-corrected chi connectivity index (χ1v) is 9.72. The third-order valence-electron chi connectivity index (χ3n) is 4.95. The highest BCUT2D eigenvalue weighted by Crippen LogP contribution is 2.18. The lowest BCUT2D eigenvalue weighted by atomic mass is 10.1. The highest BCUT2D eigenvalue weighted by Gasteiger charge is 2.34. The Morgan fingerprint density at radius 1 is 1.19 bits per heavy atom. The minimum Gasteiger partial charge on any atom is -0.340 e. The molecule has 0 spiro atoms. The normalized spacial score (nSPS) is 16.3. The van der Waals surface area contributed by atoms with E-state index < -0.39 is 6.04 Å². The molecule has 0 aromatic heterocycles. The molecule has 1 aliphatic heterocycles. The molecular formula is C21H31N3O3. The summed E-state index contributed by atoms with van der Waals surface area (Å²) in [5.41, 5.74) is 1.04. The molecule has 2 rings (SSSR count). The first-order chi connectivity index (χ1) is 12.8. The largest absolute Gasteiger partial charge is 0.340 e. The van der Waals surface area contributed by atoms with Gasteiger partial charge >= 0.3 is 0 Å². The molecule has 1 atom stereocenters. The van der Waals surface area contributed by atoms with E-state index in [4.69, 9.17) is 0 Å². The number of rotatable bonds is 6. The zero-order valence-corrected chi connectivity index (χ0v) is 16.9. The maximum Gasteiger partial charge on any atom is 0.245 e. The standard InChI is InChI=1S/C21H31N3O3/c1-5-18(21(27)22(4)14-17-10-7-6-8-11-17)24-15-23(20(26)16(2)3)13-9-12-19(24)25/h6-8,10-11,16,18H,5,9,12-15H2,1-4H3. The van der Waals surface area contributed by atoms with Crippen LogP contribution in [-0.2, 0) is 20.9 Å². The van der Waals surface area contributed by atoms with E-state index in [1.807, 2.05) is 51.1 Å². The Kier molecular flexibility index (Phi) is 7.39.